The van der Waals surface area contributed by atoms with E-state index in [4.69, 9.17) is 42.7 Å². The zero-order valence-corrected chi connectivity index (χ0v) is 44.3. The third-order valence-electron chi connectivity index (χ3n) is 13.8. The minimum absolute atomic E-state index is 0.00779. The number of carbonyl (C=O) groups excluding carboxylic acids is 6. The maximum absolute atomic E-state index is 14.4. The highest BCUT2D eigenvalue weighted by molar-refractivity contribution is 6.32. The van der Waals surface area contributed by atoms with Crippen LogP contribution in [-0.2, 0) is 33.4 Å². The molecule has 78 heavy (non-hydrogen) atoms. The molecule has 0 unspecified atom stereocenters. The second kappa shape index (κ2) is 26.3. The number of anilines is 2. The van der Waals surface area contributed by atoms with Crippen molar-refractivity contribution in [2.24, 2.45) is 11.8 Å². The SMILES string of the molecule is CC#N.COC(=O)N1C[C@@H](O)C[C@H]1C(=O)N(c1cccc(F)c1)[C@H](C(=O)CC1CC(F)(F)C1)c1ccccc1Cl.COC(=O)N1C[C@@H](OC)C[C@H]1C(=O)N(c1cccc(F)c1)[C@H](C(=O)CC1CC(F)(F)C1)c1ccccc1Cl. The molecule has 0 radical (unpaired) electrons. The van der Waals surface area contributed by atoms with E-state index < -0.39 is 133 Å². The molecule has 0 aromatic heterocycles. The summed E-state index contributed by atoms with van der Waals surface area (Å²) in [6.07, 6.45) is -5.42. The summed E-state index contributed by atoms with van der Waals surface area (Å²) in [6.45, 7) is 1.32. The van der Waals surface area contributed by atoms with Gasteiger partial charge < -0.3 is 19.3 Å². The molecule has 2 saturated carbocycles. The average Bonchev–Trinajstić information content (AvgIpc) is 4.03. The number of aliphatic hydroxyl groups is 1. The van der Waals surface area contributed by atoms with Crippen molar-refractivity contribution >= 4 is 70.1 Å². The van der Waals surface area contributed by atoms with Crippen LogP contribution in [-0.4, -0.2) is 121 Å². The van der Waals surface area contributed by atoms with Gasteiger partial charge in [0.1, 0.15) is 35.8 Å². The fourth-order valence-corrected chi connectivity index (χ4v) is 10.7. The van der Waals surface area contributed by atoms with E-state index in [-0.39, 0.29) is 71.3 Å². The molecule has 23 heteroatoms. The molecule has 2 heterocycles. The normalized spacial score (nSPS) is 20.9. The highest BCUT2D eigenvalue weighted by Crippen LogP contribution is 2.47. The number of ether oxygens (including phenoxy) is 3. The quantitative estimate of drug-likeness (QED) is 0.112. The number of amides is 4. The van der Waals surface area contributed by atoms with Crippen LogP contribution in [0.5, 0.6) is 0 Å². The van der Waals surface area contributed by atoms with E-state index in [2.05, 4.69) is 0 Å². The Morgan fingerprint density at radius 1 is 0.654 bits per heavy atom. The molecule has 2 aliphatic carbocycles. The Kier molecular flexibility index (Phi) is 20.4. The zero-order chi connectivity index (χ0) is 57.2. The maximum Gasteiger partial charge on any atom is 0.410 e. The van der Waals surface area contributed by atoms with Gasteiger partial charge in [-0.25, -0.2) is 35.9 Å². The van der Waals surface area contributed by atoms with Crippen LogP contribution >= 0.6 is 23.2 Å². The van der Waals surface area contributed by atoms with Crippen LogP contribution in [0.4, 0.5) is 47.3 Å². The number of alkyl halides is 4. The third-order valence-corrected chi connectivity index (χ3v) is 14.5. The lowest BCUT2D eigenvalue weighted by molar-refractivity contribution is -0.136. The highest BCUT2D eigenvalue weighted by Gasteiger charge is 2.51. The molecule has 4 aliphatic rings. The summed E-state index contributed by atoms with van der Waals surface area (Å²) in [5.74, 6) is -10.7. The van der Waals surface area contributed by atoms with Crippen molar-refractivity contribution in [1.29, 1.82) is 5.26 Å². The third kappa shape index (κ3) is 14.5. The summed E-state index contributed by atoms with van der Waals surface area (Å²) < 4.78 is 97.9. The summed E-state index contributed by atoms with van der Waals surface area (Å²) in [5, 5.41) is 17.9. The van der Waals surface area contributed by atoms with Crippen molar-refractivity contribution in [2.45, 2.75) is 107 Å². The fraction of sp³-hybridized carbons (Fsp3) is 0.436. The first kappa shape index (κ1) is 60.5. The Balaban J connectivity index is 0.000000240. The Morgan fingerprint density at radius 3 is 1.40 bits per heavy atom. The van der Waals surface area contributed by atoms with Crippen LogP contribution in [0.1, 0.15) is 81.5 Å². The minimum atomic E-state index is -2.84. The van der Waals surface area contributed by atoms with Gasteiger partial charge in [-0.1, -0.05) is 71.7 Å². The number of halogens is 8. The Hall–Kier alpha value is -6.73. The van der Waals surface area contributed by atoms with Gasteiger partial charge in [0.25, 0.3) is 11.8 Å². The minimum Gasteiger partial charge on any atom is -0.453 e. The molecule has 2 saturated heterocycles. The van der Waals surface area contributed by atoms with Crippen LogP contribution in [0.2, 0.25) is 10.0 Å². The number of likely N-dealkylation sites (tertiary alicyclic amines) is 2. The molecule has 2 aliphatic heterocycles. The van der Waals surface area contributed by atoms with Crippen LogP contribution in [0.15, 0.2) is 97.1 Å². The van der Waals surface area contributed by atoms with Crippen LogP contribution < -0.4 is 9.80 Å². The van der Waals surface area contributed by atoms with Gasteiger partial charge in [-0.3, -0.25) is 38.8 Å². The first-order valence-corrected chi connectivity index (χ1v) is 25.4. The van der Waals surface area contributed by atoms with Gasteiger partial charge in [0, 0.05) is 97.9 Å². The molecule has 0 bridgehead atoms. The van der Waals surface area contributed by atoms with E-state index in [0.29, 0.717) is 0 Å². The summed E-state index contributed by atoms with van der Waals surface area (Å²) in [5.41, 5.74) is 0.543. The molecule has 0 spiro atoms. The van der Waals surface area contributed by atoms with E-state index in [1.54, 1.807) is 42.5 Å². The van der Waals surface area contributed by atoms with Crippen molar-refractivity contribution < 1.29 is 74.4 Å². The average molecular weight is 1130 g/mol. The number of rotatable bonds is 15. The number of hydrogen-bond donors (Lipinski definition) is 1. The standard InChI is InChI=1S/C27H28ClF3N2O5.C26H26ClF3N2O5.C2H3N/c1-37-19-12-22(32(15-19)26(36)38-2)25(35)33(18-7-5-6-17(29)11-18)24(20-8-3-4-9-21(20)28)23(34)10-16-13-27(30,31)14-16;1-37-25(36)31-14-18(33)11-21(31)24(35)32(17-6-4-5-16(28)10-17)23(19-7-2-3-8-20(19)27)22(34)9-15-12-26(29,30)13-15;1-2-3/h3-9,11,16,19,22,24H,10,12-15H2,1-2H3;2-8,10,15,18,21,23,33H,9,11-14H2,1H3;1H3/t19-,22-,24-;18-,21-,23-;/m00./s1. The molecule has 1 N–H and O–H groups in total. The summed E-state index contributed by atoms with van der Waals surface area (Å²) in [4.78, 5) is 85.1. The maximum atomic E-state index is 14.4. The van der Waals surface area contributed by atoms with Crippen LogP contribution in [0, 0.1) is 34.8 Å². The molecule has 4 aromatic rings. The molecule has 4 aromatic carbocycles. The lowest BCUT2D eigenvalue weighted by Crippen LogP contribution is -2.51. The van der Waals surface area contributed by atoms with E-state index >= 15 is 0 Å². The van der Waals surface area contributed by atoms with Gasteiger partial charge in [-0.05, 0) is 60.4 Å². The van der Waals surface area contributed by atoms with E-state index in [0.717, 1.165) is 40.0 Å². The lowest BCUT2D eigenvalue weighted by Gasteiger charge is -2.38. The molecular weight excluding hydrogens is 1080 g/mol. The van der Waals surface area contributed by atoms with Gasteiger partial charge in [0.2, 0.25) is 11.8 Å². The van der Waals surface area contributed by atoms with Gasteiger partial charge in [-0.2, -0.15) is 5.26 Å². The number of β-amino-alcohol motifs (C(OH)–C–C–N with tert-alkyl or cyclic N) is 1. The number of methoxy groups -OCH3 is 3. The summed E-state index contributed by atoms with van der Waals surface area (Å²) in [7, 11) is 3.75. The molecule has 15 nitrogen and oxygen atoms in total. The topological polar surface area (TPSA) is 187 Å². The van der Waals surface area contributed by atoms with Crippen molar-refractivity contribution in [3.8, 4) is 6.07 Å². The van der Waals surface area contributed by atoms with Gasteiger partial charge in [0.05, 0.1) is 45.6 Å². The van der Waals surface area contributed by atoms with E-state index in [9.17, 15) is 60.2 Å². The Labute approximate surface area is 456 Å². The number of nitrogens with zero attached hydrogens (tertiary/aromatic N) is 5. The number of benzene rings is 4. The van der Waals surface area contributed by atoms with Crippen molar-refractivity contribution in [2.75, 3.05) is 44.2 Å². The van der Waals surface area contributed by atoms with Gasteiger partial charge in [-0.15, -0.1) is 0 Å². The van der Waals surface area contributed by atoms with Gasteiger partial charge >= 0.3 is 12.2 Å². The predicted octanol–water partition coefficient (Wildman–Crippen LogP) is 10.7. The molecular formula is C55H57Cl2F6N5O10. The van der Waals surface area contributed by atoms with Gasteiger partial charge in [0.15, 0.2) is 11.6 Å². The molecule has 418 valence electrons. The number of hydrogen-bond acceptors (Lipinski definition) is 11. The number of aliphatic hydroxyl groups excluding tert-OH is 1. The monoisotopic (exact) mass is 1130 g/mol. The number of Topliss-reactive ketones (excluding diaryl/α,β-unsaturated/α-hetero) is 2. The van der Waals surface area contributed by atoms with E-state index in [1.807, 2.05) is 0 Å². The Morgan fingerprint density at radius 2 is 1.04 bits per heavy atom. The smallest absolute Gasteiger partial charge is 0.410 e. The molecule has 4 amide bonds. The van der Waals surface area contributed by atoms with Crippen molar-refractivity contribution in [3.05, 3.63) is 130 Å². The second-order valence-corrected chi connectivity index (χ2v) is 20.1. The van der Waals surface area contributed by atoms with Crippen LogP contribution in [0.25, 0.3) is 0 Å². The zero-order valence-electron chi connectivity index (χ0n) is 42.8. The fourth-order valence-electron chi connectivity index (χ4n) is 10.2. The lowest BCUT2D eigenvalue weighted by atomic mass is 9.77. The van der Waals surface area contributed by atoms with Crippen molar-refractivity contribution in [3.63, 3.8) is 0 Å². The molecule has 8 rings (SSSR count). The van der Waals surface area contributed by atoms with E-state index in [1.165, 1.54) is 68.5 Å². The largest absolute Gasteiger partial charge is 0.453 e. The first-order chi connectivity index (χ1) is 37.0. The van der Waals surface area contributed by atoms with Crippen molar-refractivity contribution in [1.82, 2.24) is 9.80 Å². The summed E-state index contributed by atoms with van der Waals surface area (Å²) >= 11 is 12.9. The predicted molar refractivity (Wildman–Crippen MR) is 274 cm³/mol. The highest BCUT2D eigenvalue weighted by atomic mass is 35.5. The number of carbonyl (C=O) groups is 6. The molecule has 6 atom stereocenters. The van der Waals surface area contributed by atoms with Crippen LogP contribution in [0.3, 0.4) is 0 Å². The number of ketones is 2. The molecule has 4 fully saturated rings. The Bertz CT molecular complexity index is 2860. The first-order valence-electron chi connectivity index (χ1n) is 24.6. The number of nitriles is 1. The second-order valence-electron chi connectivity index (χ2n) is 19.3. The summed E-state index contributed by atoms with van der Waals surface area (Å²) in [6, 6.07) is 19.5.